The zero-order valence-corrected chi connectivity index (χ0v) is 19.9. The van der Waals surface area contributed by atoms with Crippen LogP contribution in [0.15, 0.2) is 33.7 Å². The van der Waals surface area contributed by atoms with E-state index in [0.29, 0.717) is 6.04 Å². The molecular formula is C19H31BrIN5. The summed E-state index contributed by atoms with van der Waals surface area (Å²) in [5.41, 5.74) is 1.66. The zero-order chi connectivity index (χ0) is 17.9. The molecule has 1 saturated carbocycles. The van der Waals surface area contributed by atoms with Crippen molar-refractivity contribution in [3.8, 4) is 0 Å². The third-order valence-electron chi connectivity index (χ3n) is 5.60. The van der Waals surface area contributed by atoms with Gasteiger partial charge in [0, 0.05) is 55.7 Å². The highest BCUT2D eigenvalue weighted by atomic mass is 127. The van der Waals surface area contributed by atoms with E-state index in [1.165, 1.54) is 22.9 Å². The smallest absolute Gasteiger partial charge is 0.191 e. The predicted octanol–water partition coefficient (Wildman–Crippen LogP) is 2.51. The van der Waals surface area contributed by atoms with Gasteiger partial charge in [-0.25, -0.2) is 0 Å². The van der Waals surface area contributed by atoms with Crippen molar-refractivity contribution >= 4 is 45.9 Å². The summed E-state index contributed by atoms with van der Waals surface area (Å²) in [7, 11) is 6.26. The molecule has 1 saturated heterocycles. The van der Waals surface area contributed by atoms with Gasteiger partial charge in [-0.2, -0.15) is 0 Å². The number of rotatable bonds is 5. The molecule has 0 amide bonds. The molecule has 1 aliphatic heterocycles. The van der Waals surface area contributed by atoms with E-state index in [9.17, 15) is 0 Å². The first kappa shape index (κ1) is 21.9. The van der Waals surface area contributed by atoms with E-state index in [0.717, 1.165) is 38.7 Å². The Morgan fingerprint density at radius 2 is 1.96 bits per heavy atom. The number of nitrogens with zero attached hydrogens (tertiary/aromatic N) is 3. The minimum Gasteiger partial charge on any atom is -0.356 e. The molecule has 5 nitrogen and oxygen atoms in total. The van der Waals surface area contributed by atoms with Crippen molar-refractivity contribution in [2.45, 2.75) is 24.3 Å². The second-order valence-electron chi connectivity index (χ2n) is 7.46. The van der Waals surface area contributed by atoms with Crippen LogP contribution in [0.1, 0.15) is 18.4 Å². The first-order valence-corrected chi connectivity index (χ1v) is 9.92. The molecule has 1 aromatic rings. The van der Waals surface area contributed by atoms with Crippen LogP contribution in [0.25, 0.3) is 0 Å². The van der Waals surface area contributed by atoms with Crippen LogP contribution < -0.4 is 10.6 Å². The molecule has 0 radical (unpaired) electrons. The standard InChI is InChI=1S/C19H30BrN5.HI/c1-21-18(22-12-15-13-24(2)10-11-25(15)3)23-14-19(8-9-19)16-6-4-5-7-17(16)20;/h4-7,15H,8-14H2,1-3H3,(H2,21,22,23);1H. The van der Waals surface area contributed by atoms with Gasteiger partial charge in [-0.15, -0.1) is 24.0 Å². The number of guanidine groups is 1. The summed E-state index contributed by atoms with van der Waals surface area (Å²) in [4.78, 5) is 9.25. The average Bonchev–Trinajstić information content (AvgIpc) is 3.39. The first-order chi connectivity index (χ1) is 12.0. The molecule has 2 fully saturated rings. The maximum atomic E-state index is 4.41. The van der Waals surface area contributed by atoms with Crippen molar-refractivity contribution in [1.29, 1.82) is 0 Å². The fourth-order valence-electron chi connectivity index (χ4n) is 3.59. The fourth-order valence-corrected chi connectivity index (χ4v) is 4.30. The number of piperazine rings is 1. The Morgan fingerprint density at radius 3 is 2.62 bits per heavy atom. The van der Waals surface area contributed by atoms with Gasteiger partial charge in [-0.05, 0) is 38.6 Å². The summed E-state index contributed by atoms with van der Waals surface area (Å²) >= 11 is 3.71. The molecule has 1 atom stereocenters. The Morgan fingerprint density at radius 1 is 1.23 bits per heavy atom. The quantitative estimate of drug-likeness (QED) is 0.345. The number of nitrogens with one attached hydrogen (secondary N) is 2. The maximum absolute atomic E-state index is 4.41. The number of aliphatic imine (C=N–C) groups is 1. The van der Waals surface area contributed by atoms with Crippen LogP contribution in [0.2, 0.25) is 0 Å². The van der Waals surface area contributed by atoms with Crippen molar-refractivity contribution in [1.82, 2.24) is 20.4 Å². The average molecular weight is 536 g/mol. The Labute approximate surface area is 183 Å². The molecule has 2 N–H and O–H groups in total. The second kappa shape index (κ2) is 9.71. The number of hydrogen-bond donors (Lipinski definition) is 2. The Bertz CT molecular complexity index is 620. The van der Waals surface area contributed by atoms with Gasteiger partial charge in [0.05, 0.1) is 0 Å². The third kappa shape index (κ3) is 5.33. The van der Waals surface area contributed by atoms with Crippen molar-refractivity contribution in [2.24, 2.45) is 4.99 Å². The molecule has 1 heterocycles. The molecule has 0 bridgehead atoms. The monoisotopic (exact) mass is 535 g/mol. The molecule has 3 rings (SSSR count). The van der Waals surface area contributed by atoms with Gasteiger partial charge in [0.1, 0.15) is 0 Å². The minimum atomic E-state index is 0. The SMILES string of the molecule is CN=C(NCC1CN(C)CCN1C)NCC1(c2ccccc2Br)CC1.I. The normalized spacial score (nSPS) is 23.2. The second-order valence-corrected chi connectivity index (χ2v) is 8.32. The zero-order valence-electron chi connectivity index (χ0n) is 16.0. The van der Waals surface area contributed by atoms with Gasteiger partial charge in [-0.3, -0.25) is 9.89 Å². The largest absolute Gasteiger partial charge is 0.356 e. The minimum absolute atomic E-state index is 0. The Hall–Kier alpha value is -0.380. The summed E-state index contributed by atoms with van der Waals surface area (Å²) in [6, 6.07) is 9.10. The Balaban J connectivity index is 0.00000243. The lowest BCUT2D eigenvalue weighted by atomic mass is 9.96. The number of halogens is 2. The van der Waals surface area contributed by atoms with Gasteiger partial charge < -0.3 is 15.5 Å². The van der Waals surface area contributed by atoms with Crippen LogP contribution in [0, 0.1) is 0 Å². The molecule has 26 heavy (non-hydrogen) atoms. The number of likely N-dealkylation sites (N-methyl/N-ethyl adjacent to an activating group) is 2. The van der Waals surface area contributed by atoms with Crippen LogP contribution >= 0.6 is 39.9 Å². The van der Waals surface area contributed by atoms with Crippen LogP contribution in [0.3, 0.4) is 0 Å². The van der Waals surface area contributed by atoms with Crippen molar-refractivity contribution in [3.63, 3.8) is 0 Å². The topological polar surface area (TPSA) is 42.9 Å². The van der Waals surface area contributed by atoms with Gasteiger partial charge in [0.15, 0.2) is 5.96 Å². The molecule has 7 heteroatoms. The van der Waals surface area contributed by atoms with Crippen LogP contribution in [0.4, 0.5) is 0 Å². The summed E-state index contributed by atoms with van der Waals surface area (Å²) in [5.74, 6) is 0.903. The lowest BCUT2D eigenvalue weighted by molar-refractivity contribution is 0.116. The summed E-state index contributed by atoms with van der Waals surface area (Å²) in [5, 5.41) is 7.06. The number of hydrogen-bond acceptors (Lipinski definition) is 3. The van der Waals surface area contributed by atoms with Crippen LogP contribution in [0.5, 0.6) is 0 Å². The van der Waals surface area contributed by atoms with E-state index >= 15 is 0 Å². The first-order valence-electron chi connectivity index (χ1n) is 9.12. The molecule has 2 aliphatic rings. The van der Waals surface area contributed by atoms with E-state index in [1.807, 2.05) is 7.05 Å². The van der Waals surface area contributed by atoms with E-state index < -0.39 is 0 Å². The van der Waals surface area contributed by atoms with E-state index in [4.69, 9.17) is 0 Å². The van der Waals surface area contributed by atoms with E-state index in [2.05, 4.69) is 79.7 Å². The predicted molar refractivity (Wildman–Crippen MR) is 124 cm³/mol. The fraction of sp³-hybridized carbons (Fsp3) is 0.632. The molecule has 0 aromatic heterocycles. The van der Waals surface area contributed by atoms with Crippen molar-refractivity contribution < 1.29 is 0 Å². The molecular weight excluding hydrogens is 505 g/mol. The Kier molecular flexibility index (Phi) is 8.18. The summed E-state index contributed by atoms with van der Waals surface area (Å²) in [6.45, 7) is 5.22. The maximum Gasteiger partial charge on any atom is 0.191 e. The van der Waals surface area contributed by atoms with Crippen molar-refractivity contribution in [2.75, 3.05) is 53.9 Å². The highest BCUT2D eigenvalue weighted by Gasteiger charge is 2.45. The van der Waals surface area contributed by atoms with Gasteiger partial charge in [0.25, 0.3) is 0 Å². The highest BCUT2D eigenvalue weighted by molar-refractivity contribution is 14.0. The molecule has 1 aromatic carbocycles. The summed E-state index contributed by atoms with van der Waals surface area (Å²) < 4.78 is 1.21. The van der Waals surface area contributed by atoms with E-state index in [1.54, 1.807) is 0 Å². The molecule has 146 valence electrons. The molecule has 1 unspecified atom stereocenters. The lowest BCUT2D eigenvalue weighted by Crippen LogP contribution is -2.55. The van der Waals surface area contributed by atoms with Gasteiger partial charge in [0.2, 0.25) is 0 Å². The number of benzene rings is 1. The highest BCUT2D eigenvalue weighted by Crippen LogP contribution is 2.49. The molecule has 1 aliphatic carbocycles. The van der Waals surface area contributed by atoms with E-state index in [-0.39, 0.29) is 29.4 Å². The van der Waals surface area contributed by atoms with Crippen LogP contribution in [-0.2, 0) is 5.41 Å². The van der Waals surface area contributed by atoms with Crippen LogP contribution in [-0.4, -0.2) is 75.7 Å². The molecule has 0 spiro atoms. The summed E-state index contributed by atoms with van der Waals surface area (Å²) in [6.07, 6.45) is 2.46. The van der Waals surface area contributed by atoms with Gasteiger partial charge >= 0.3 is 0 Å². The van der Waals surface area contributed by atoms with Crippen molar-refractivity contribution in [3.05, 3.63) is 34.3 Å². The van der Waals surface area contributed by atoms with Gasteiger partial charge in [-0.1, -0.05) is 34.1 Å². The third-order valence-corrected chi connectivity index (χ3v) is 6.29. The lowest BCUT2D eigenvalue weighted by Gasteiger charge is -2.38.